The van der Waals surface area contributed by atoms with Crippen LogP contribution >= 0.6 is 15.9 Å². The number of amides is 1. The van der Waals surface area contributed by atoms with Gasteiger partial charge in [-0.2, -0.15) is 0 Å². The molecule has 0 radical (unpaired) electrons. The van der Waals surface area contributed by atoms with Gasteiger partial charge in [0.1, 0.15) is 17.2 Å². The van der Waals surface area contributed by atoms with Crippen LogP contribution in [-0.2, 0) is 23.4 Å². The van der Waals surface area contributed by atoms with Gasteiger partial charge in [-0.05, 0) is 31.5 Å². The molecule has 0 bridgehead atoms. The average Bonchev–Trinajstić information content (AvgIpc) is 2.57. The summed E-state index contributed by atoms with van der Waals surface area (Å²) >= 11 is 3.22. The fourth-order valence-electron chi connectivity index (χ4n) is 2.75. The molecule has 0 aliphatic carbocycles. The number of fused-ring (bicyclic) bond motifs is 1. The average molecular weight is 426 g/mol. The molecule has 3 rings (SSSR count). The number of aromatic nitrogens is 2. The summed E-state index contributed by atoms with van der Waals surface area (Å²) in [6.45, 7) is 4.10. The molecule has 0 unspecified atom stereocenters. The van der Waals surface area contributed by atoms with Crippen molar-refractivity contribution in [2.24, 2.45) is 0 Å². The molecule has 2 N–H and O–H groups in total. The topological polar surface area (TPSA) is 93.5 Å². The Morgan fingerprint density at radius 1 is 1.50 bits per heavy atom. The minimum absolute atomic E-state index is 0.0686. The second-order valence-electron chi connectivity index (χ2n) is 6.37. The number of halogens is 2. The van der Waals surface area contributed by atoms with E-state index in [0.717, 1.165) is 0 Å². The van der Waals surface area contributed by atoms with Gasteiger partial charge in [0.25, 0.3) is 11.5 Å². The van der Waals surface area contributed by atoms with Crippen LogP contribution in [0.5, 0.6) is 5.75 Å². The fourth-order valence-corrected chi connectivity index (χ4v) is 3.24. The van der Waals surface area contributed by atoms with Crippen LogP contribution in [0, 0.1) is 5.82 Å². The summed E-state index contributed by atoms with van der Waals surface area (Å²) in [4.78, 5) is 29.0. The van der Waals surface area contributed by atoms with Gasteiger partial charge < -0.3 is 15.2 Å². The normalized spacial score (nSPS) is 15.4. The SMILES string of the molecule is CC1(C)OCCn2c1nc(C(=O)NCc1ccc(F)cc1Br)c(O)c2=O. The summed E-state index contributed by atoms with van der Waals surface area (Å²) < 4.78 is 20.5. The highest BCUT2D eigenvalue weighted by Gasteiger charge is 2.34. The highest BCUT2D eigenvalue weighted by molar-refractivity contribution is 9.10. The summed E-state index contributed by atoms with van der Waals surface area (Å²) in [6.07, 6.45) is 0. The van der Waals surface area contributed by atoms with Gasteiger partial charge in [-0.15, -0.1) is 0 Å². The van der Waals surface area contributed by atoms with Crippen LogP contribution < -0.4 is 10.9 Å². The number of hydrogen-bond acceptors (Lipinski definition) is 5. The van der Waals surface area contributed by atoms with Crippen molar-refractivity contribution < 1.29 is 19.0 Å². The minimum Gasteiger partial charge on any atom is -0.501 e. The molecule has 0 saturated heterocycles. The number of benzene rings is 1. The van der Waals surface area contributed by atoms with Gasteiger partial charge >= 0.3 is 0 Å². The molecule has 0 atom stereocenters. The van der Waals surface area contributed by atoms with Crippen LogP contribution in [0.1, 0.15) is 35.7 Å². The first-order valence-corrected chi connectivity index (χ1v) is 8.70. The number of nitrogens with one attached hydrogen (secondary N) is 1. The van der Waals surface area contributed by atoms with E-state index < -0.39 is 28.6 Å². The van der Waals surface area contributed by atoms with Gasteiger partial charge in [0, 0.05) is 11.0 Å². The number of nitrogens with zero attached hydrogens (tertiary/aromatic N) is 2. The van der Waals surface area contributed by atoms with Crippen molar-refractivity contribution in [1.29, 1.82) is 0 Å². The third kappa shape index (κ3) is 3.36. The van der Waals surface area contributed by atoms with E-state index >= 15 is 0 Å². The predicted octanol–water partition coefficient (Wildman–Crippen LogP) is 2.05. The molecule has 0 saturated carbocycles. The largest absolute Gasteiger partial charge is 0.501 e. The number of ether oxygens (including phenoxy) is 1. The van der Waals surface area contributed by atoms with Crippen molar-refractivity contribution in [3.63, 3.8) is 0 Å². The summed E-state index contributed by atoms with van der Waals surface area (Å²) in [5.74, 6) is -1.54. The Morgan fingerprint density at radius 2 is 2.23 bits per heavy atom. The third-order valence-electron chi connectivity index (χ3n) is 4.13. The Bertz CT molecular complexity index is 942. The zero-order chi connectivity index (χ0) is 19.1. The molecule has 7 nitrogen and oxygen atoms in total. The first-order valence-electron chi connectivity index (χ1n) is 7.91. The van der Waals surface area contributed by atoms with Crippen LogP contribution in [0.25, 0.3) is 0 Å². The first-order chi connectivity index (χ1) is 12.2. The van der Waals surface area contributed by atoms with Crippen molar-refractivity contribution in [3.05, 3.63) is 55.9 Å². The van der Waals surface area contributed by atoms with Crippen molar-refractivity contribution >= 4 is 21.8 Å². The van der Waals surface area contributed by atoms with Crippen molar-refractivity contribution in [2.75, 3.05) is 6.61 Å². The van der Waals surface area contributed by atoms with Crippen molar-refractivity contribution in [2.45, 2.75) is 32.5 Å². The van der Waals surface area contributed by atoms with Gasteiger partial charge in [-0.1, -0.05) is 22.0 Å². The van der Waals surface area contributed by atoms with Crippen LogP contribution in [0.4, 0.5) is 4.39 Å². The van der Waals surface area contributed by atoms with E-state index in [0.29, 0.717) is 16.6 Å². The molecule has 1 aromatic carbocycles. The van der Waals surface area contributed by atoms with E-state index in [2.05, 4.69) is 26.2 Å². The molecule has 0 spiro atoms. The lowest BCUT2D eigenvalue weighted by Crippen LogP contribution is -2.42. The lowest BCUT2D eigenvalue weighted by molar-refractivity contribution is -0.0566. The molecule has 9 heteroatoms. The maximum Gasteiger partial charge on any atom is 0.296 e. The number of carbonyl (C=O) groups excluding carboxylic acids is 1. The summed E-state index contributed by atoms with van der Waals surface area (Å²) in [7, 11) is 0. The number of hydrogen-bond donors (Lipinski definition) is 2. The highest BCUT2D eigenvalue weighted by atomic mass is 79.9. The van der Waals surface area contributed by atoms with E-state index in [1.807, 2.05) is 0 Å². The molecule has 1 aliphatic rings. The number of aromatic hydroxyl groups is 1. The Labute approximate surface area is 157 Å². The van der Waals surface area contributed by atoms with Gasteiger partial charge in [-0.3, -0.25) is 14.2 Å². The van der Waals surface area contributed by atoms with Crippen molar-refractivity contribution in [3.8, 4) is 5.75 Å². The minimum atomic E-state index is -0.861. The van der Waals surface area contributed by atoms with E-state index in [-0.39, 0.29) is 24.6 Å². The van der Waals surface area contributed by atoms with Crippen LogP contribution in [-0.4, -0.2) is 27.2 Å². The molecular formula is C17H17BrFN3O4. The maximum absolute atomic E-state index is 13.1. The Hall–Kier alpha value is -2.26. The summed E-state index contributed by atoms with van der Waals surface area (Å²) in [5.41, 5.74) is -1.27. The number of rotatable bonds is 3. The lowest BCUT2D eigenvalue weighted by Gasteiger charge is -2.32. The quantitative estimate of drug-likeness (QED) is 0.784. The molecule has 1 aromatic heterocycles. The highest BCUT2D eigenvalue weighted by Crippen LogP contribution is 2.27. The monoisotopic (exact) mass is 425 g/mol. The van der Waals surface area contributed by atoms with Crippen LogP contribution in [0.3, 0.4) is 0 Å². The van der Waals surface area contributed by atoms with Gasteiger partial charge in [0.2, 0.25) is 5.75 Å². The lowest BCUT2D eigenvalue weighted by atomic mass is 10.1. The molecular weight excluding hydrogens is 409 g/mol. The van der Waals surface area contributed by atoms with E-state index in [1.54, 1.807) is 13.8 Å². The fraction of sp³-hybridized carbons (Fsp3) is 0.353. The number of carbonyl (C=O) groups is 1. The first kappa shape index (κ1) is 18.5. The van der Waals surface area contributed by atoms with Crippen LogP contribution in [0.15, 0.2) is 27.5 Å². The van der Waals surface area contributed by atoms with Gasteiger partial charge in [-0.25, -0.2) is 9.37 Å². The van der Waals surface area contributed by atoms with Gasteiger partial charge in [0.05, 0.1) is 13.2 Å². The molecule has 26 heavy (non-hydrogen) atoms. The Morgan fingerprint density at radius 3 is 2.92 bits per heavy atom. The zero-order valence-electron chi connectivity index (χ0n) is 14.2. The molecule has 1 aliphatic heterocycles. The Kier molecular flexibility index (Phi) is 4.85. The second kappa shape index (κ2) is 6.81. The van der Waals surface area contributed by atoms with E-state index in [9.17, 15) is 19.1 Å². The second-order valence-corrected chi connectivity index (χ2v) is 7.22. The summed E-state index contributed by atoms with van der Waals surface area (Å²) in [6, 6.07) is 4.07. The van der Waals surface area contributed by atoms with E-state index in [1.165, 1.54) is 22.8 Å². The standard InChI is InChI=1S/C17H17BrFN3O4/c1-17(2)16-21-12(13(23)15(25)22(16)5-6-26-17)14(24)20-8-9-3-4-10(19)7-11(9)18/h3-4,7,23H,5-6,8H2,1-2H3,(H,20,24). The molecule has 2 aromatic rings. The molecule has 1 amide bonds. The molecule has 138 valence electrons. The zero-order valence-corrected chi connectivity index (χ0v) is 15.8. The predicted molar refractivity (Wildman–Crippen MR) is 94.4 cm³/mol. The van der Waals surface area contributed by atoms with Crippen molar-refractivity contribution in [1.82, 2.24) is 14.9 Å². The van der Waals surface area contributed by atoms with E-state index in [4.69, 9.17) is 4.74 Å². The smallest absolute Gasteiger partial charge is 0.296 e. The molecule has 0 fully saturated rings. The summed E-state index contributed by atoms with van der Waals surface area (Å²) in [5, 5.41) is 12.7. The maximum atomic E-state index is 13.1. The Balaban J connectivity index is 1.90. The third-order valence-corrected chi connectivity index (χ3v) is 4.87. The van der Waals surface area contributed by atoms with Crippen LogP contribution in [0.2, 0.25) is 0 Å². The van der Waals surface area contributed by atoms with Gasteiger partial charge in [0.15, 0.2) is 5.69 Å². The molecule has 2 heterocycles.